The van der Waals surface area contributed by atoms with E-state index >= 15 is 0 Å². The smallest absolute Gasteiger partial charge is 0.0714 e. The molecule has 1 aromatic heterocycles. The Kier molecular flexibility index (Phi) is 9.16. The lowest BCUT2D eigenvalue weighted by atomic mass is 9.67. The third-order valence-electron chi connectivity index (χ3n) is 13.3. The van der Waals surface area contributed by atoms with Crippen LogP contribution in [0.2, 0.25) is 0 Å². The molecule has 9 aromatic carbocycles. The van der Waals surface area contributed by atoms with Crippen LogP contribution in [0.15, 0.2) is 243 Å². The molecule has 0 N–H and O–H groups in total. The molecule has 2 nitrogen and oxygen atoms in total. The van der Waals surface area contributed by atoms with E-state index in [0.717, 1.165) is 23.5 Å². The summed E-state index contributed by atoms with van der Waals surface area (Å²) in [6, 6.07) is 86.6. The average molecular weight is 817 g/mol. The van der Waals surface area contributed by atoms with Crippen LogP contribution in [0.1, 0.15) is 45.5 Å². The molecular weight excluding hydrogens is 773 g/mol. The SMILES string of the molecule is C1=Cc2c(c3ccccc3n2-c2ccccc2)C=C(c2ccc(N(c3ccc(-c4ccccc4)cc3)c3ccc4c(c3)C(c3ccccc3)(c3ccccc3)c3ccccc3-4)cc2)C1. The lowest BCUT2D eigenvalue weighted by Gasteiger charge is -2.35. The molecule has 0 spiro atoms. The van der Waals surface area contributed by atoms with E-state index in [0.29, 0.717) is 0 Å². The maximum Gasteiger partial charge on any atom is 0.0714 e. The van der Waals surface area contributed by atoms with Gasteiger partial charge in [0, 0.05) is 33.7 Å². The Hall–Kier alpha value is -8.20. The molecule has 0 radical (unpaired) electrons. The molecule has 1 heterocycles. The molecule has 64 heavy (non-hydrogen) atoms. The topological polar surface area (TPSA) is 8.17 Å². The van der Waals surface area contributed by atoms with Crippen LogP contribution in [0, 0.1) is 0 Å². The van der Waals surface area contributed by atoms with Gasteiger partial charge in [-0.1, -0.05) is 188 Å². The molecule has 12 rings (SSSR count). The van der Waals surface area contributed by atoms with E-state index in [1.807, 2.05) is 0 Å². The summed E-state index contributed by atoms with van der Waals surface area (Å²) in [5, 5.41) is 1.26. The van der Waals surface area contributed by atoms with Crippen molar-refractivity contribution in [3.05, 3.63) is 282 Å². The van der Waals surface area contributed by atoms with Crippen molar-refractivity contribution in [2.24, 2.45) is 0 Å². The molecule has 0 aliphatic heterocycles. The van der Waals surface area contributed by atoms with E-state index in [1.165, 1.54) is 83.5 Å². The zero-order chi connectivity index (χ0) is 42.5. The molecule has 302 valence electrons. The van der Waals surface area contributed by atoms with Gasteiger partial charge in [-0.2, -0.15) is 0 Å². The van der Waals surface area contributed by atoms with E-state index in [2.05, 4.69) is 264 Å². The molecule has 2 aliphatic carbocycles. The van der Waals surface area contributed by atoms with Crippen molar-refractivity contribution in [1.82, 2.24) is 4.57 Å². The van der Waals surface area contributed by atoms with Crippen LogP contribution < -0.4 is 4.90 Å². The third kappa shape index (κ3) is 6.10. The predicted octanol–water partition coefficient (Wildman–Crippen LogP) is 16.1. The number of rotatable bonds is 8. The number of fused-ring (bicyclic) bond motifs is 6. The Balaban J connectivity index is 1.01. The van der Waals surface area contributed by atoms with E-state index in [9.17, 15) is 0 Å². The molecule has 0 fully saturated rings. The highest BCUT2D eigenvalue weighted by atomic mass is 15.1. The maximum absolute atomic E-state index is 2.46. The largest absolute Gasteiger partial charge is 0.310 e. The molecule has 2 aliphatic rings. The molecule has 0 saturated heterocycles. The monoisotopic (exact) mass is 816 g/mol. The van der Waals surface area contributed by atoms with Crippen molar-refractivity contribution >= 4 is 45.7 Å². The molecule has 0 amide bonds. The van der Waals surface area contributed by atoms with Crippen molar-refractivity contribution in [1.29, 1.82) is 0 Å². The van der Waals surface area contributed by atoms with Gasteiger partial charge in [0.2, 0.25) is 0 Å². The third-order valence-corrected chi connectivity index (χ3v) is 13.3. The fourth-order valence-corrected chi connectivity index (χ4v) is 10.5. The van der Waals surface area contributed by atoms with Crippen LogP contribution >= 0.6 is 0 Å². The van der Waals surface area contributed by atoms with Crippen LogP contribution in [-0.4, -0.2) is 4.57 Å². The van der Waals surface area contributed by atoms with Crippen LogP contribution in [0.25, 0.3) is 56.6 Å². The Labute approximate surface area is 375 Å². The number of para-hydroxylation sites is 2. The first-order chi connectivity index (χ1) is 31.8. The van der Waals surface area contributed by atoms with Gasteiger partial charge >= 0.3 is 0 Å². The van der Waals surface area contributed by atoms with Crippen LogP contribution in [-0.2, 0) is 5.41 Å². The van der Waals surface area contributed by atoms with Gasteiger partial charge in [0.05, 0.1) is 16.6 Å². The summed E-state index contributed by atoms with van der Waals surface area (Å²) < 4.78 is 2.39. The lowest BCUT2D eigenvalue weighted by Crippen LogP contribution is -2.28. The minimum absolute atomic E-state index is 0.501. The first kappa shape index (κ1) is 37.6. The summed E-state index contributed by atoms with van der Waals surface area (Å²) in [7, 11) is 0. The van der Waals surface area contributed by atoms with Gasteiger partial charge in [0.15, 0.2) is 0 Å². The second-order valence-corrected chi connectivity index (χ2v) is 16.8. The second kappa shape index (κ2) is 15.6. The number of nitrogens with zero attached hydrogens (tertiary/aromatic N) is 2. The van der Waals surface area contributed by atoms with Crippen molar-refractivity contribution in [3.63, 3.8) is 0 Å². The number of aromatic nitrogens is 1. The normalized spacial score (nSPS) is 13.4. The lowest BCUT2D eigenvalue weighted by molar-refractivity contribution is 0.768. The Morgan fingerprint density at radius 2 is 0.953 bits per heavy atom. The summed E-state index contributed by atoms with van der Waals surface area (Å²) in [6.45, 7) is 0. The molecular formula is C62H44N2. The number of anilines is 3. The van der Waals surface area contributed by atoms with E-state index in [4.69, 9.17) is 0 Å². The van der Waals surface area contributed by atoms with Gasteiger partial charge in [-0.15, -0.1) is 0 Å². The Morgan fingerprint density at radius 3 is 1.64 bits per heavy atom. The molecule has 0 unspecified atom stereocenters. The summed E-state index contributed by atoms with van der Waals surface area (Å²) in [4.78, 5) is 2.43. The number of hydrogen-bond donors (Lipinski definition) is 0. The van der Waals surface area contributed by atoms with Crippen LogP contribution in [0.4, 0.5) is 17.1 Å². The van der Waals surface area contributed by atoms with Gasteiger partial charge in [0.1, 0.15) is 0 Å². The molecule has 0 bridgehead atoms. The molecule has 2 heteroatoms. The maximum atomic E-state index is 2.46. The number of benzene rings is 9. The van der Waals surface area contributed by atoms with Crippen molar-refractivity contribution in [3.8, 4) is 27.9 Å². The van der Waals surface area contributed by atoms with Crippen molar-refractivity contribution < 1.29 is 0 Å². The first-order valence-corrected chi connectivity index (χ1v) is 22.2. The molecule has 0 atom stereocenters. The second-order valence-electron chi connectivity index (χ2n) is 16.8. The fraction of sp³-hybridized carbons (Fsp3) is 0.0323. The summed E-state index contributed by atoms with van der Waals surface area (Å²) in [5.74, 6) is 0. The van der Waals surface area contributed by atoms with Crippen molar-refractivity contribution in [2.45, 2.75) is 11.8 Å². The van der Waals surface area contributed by atoms with Crippen LogP contribution in [0.3, 0.4) is 0 Å². The Morgan fingerprint density at radius 1 is 0.422 bits per heavy atom. The van der Waals surface area contributed by atoms with Crippen LogP contribution in [0.5, 0.6) is 0 Å². The van der Waals surface area contributed by atoms with E-state index < -0.39 is 5.41 Å². The highest BCUT2D eigenvalue weighted by molar-refractivity contribution is 6.01. The highest BCUT2D eigenvalue weighted by Crippen LogP contribution is 2.57. The van der Waals surface area contributed by atoms with Gasteiger partial charge < -0.3 is 9.47 Å². The average Bonchev–Trinajstić information content (AvgIpc) is 3.74. The van der Waals surface area contributed by atoms with Gasteiger partial charge in [0.25, 0.3) is 0 Å². The standard InChI is InChI=1S/C62H44N2/c1-5-18-44(19-6-1)45-32-36-51(37-33-45)63(53-40-41-55-54-27-13-15-29-58(54)62(59(55)43-53,48-21-7-2-8-22-48)49-23-9-3-10-24-49)52-38-34-46(35-39-52)47-20-17-31-61-57(42-47)56-28-14-16-30-60(56)64(61)50-25-11-4-12-26-50/h1-19,21-43H,20H2. The Bertz CT molecular complexity index is 3320. The van der Waals surface area contributed by atoms with E-state index in [1.54, 1.807) is 0 Å². The fourth-order valence-electron chi connectivity index (χ4n) is 10.5. The van der Waals surface area contributed by atoms with Gasteiger partial charge in [-0.3, -0.25) is 0 Å². The predicted molar refractivity (Wildman–Crippen MR) is 269 cm³/mol. The highest BCUT2D eigenvalue weighted by Gasteiger charge is 2.46. The zero-order valence-electron chi connectivity index (χ0n) is 35.4. The number of allylic oxidation sites excluding steroid dienone is 2. The quantitative estimate of drug-likeness (QED) is 0.148. The van der Waals surface area contributed by atoms with Crippen molar-refractivity contribution in [2.75, 3.05) is 4.90 Å². The van der Waals surface area contributed by atoms with Gasteiger partial charge in [-0.05, 0) is 129 Å². The molecule has 10 aromatic rings. The minimum atomic E-state index is -0.501. The summed E-state index contributed by atoms with van der Waals surface area (Å²) in [5.41, 5.74) is 20.2. The summed E-state index contributed by atoms with van der Waals surface area (Å²) >= 11 is 0. The first-order valence-electron chi connectivity index (χ1n) is 22.2. The zero-order valence-corrected chi connectivity index (χ0v) is 35.4. The minimum Gasteiger partial charge on any atom is -0.310 e. The molecule has 0 saturated carbocycles. The summed E-state index contributed by atoms with van der Waals surface area (Å²) in [6.07, 6.45) is 7.88. The number of hydrogen-bond acceptors (Lipinski definition) is 1. The van der Waals surface area contributed by atoms with Gasteiger partial charge in [-0.25, -0.2) is 0 Å². The van der Waals surface area contributed by atoms with E-state index in [-0.39, 0.29) is 0 Å².